The lowest BCUT2D eigenvalue weighted by molar-refractivity contribution is -0.142. The number of aliphatic hydroxyl groups is 1. The average molecular weight is 473 g/mol. The van der Waals surface area contributed by atoms with Crippen LogP contribution in [0.4, 0.5) is 0 Å². The van der Waals surface area contributed by atoms with Crippen molar-refractivity contribution in [2.45, 2.75) is 78.7 Å². The van der Waals surface area contributed by atoms with E-state index in [2.05, 4.69) is 15.6 Å². The van der Waals surface area contributed by atoms with E-state index in [4.69, 9.17) is 0 Å². The lowest BCUT2D eigenvalue weighted by Gasteiger charge is -2.36. The quantitative estimate of drug-likeness (QED) is 0.576. The summed E-state index contributed by atoms with van der Waals surface area (Å²) in [6, 6.07) is 7.04. The van der Waals surface area contributed by atoms with Gasteiger partial charge in [0, 0.05) is 25.6 Å². The van der Waals surface area contributed by atoms with Crippen molar-refractivity contribution in [3.63, 3.8) is 0 Å². The van der Waals surface area contributed by atoms with Gasteiger partial charge >= 0.3 is 0 Å². The normalized spacial score (nSPS) is 19.7. The Morgan fingerprint density at radius 2 is 1.91 bits per heavy atom. The smallest absolute Gasteiger partial charge is 0.243 e. The number of carbonyl (C=O) groups is 2. The molecule has 1 aromatic heterocycles. The molecule has 3 atom stereocenters. The van der Waals surface area contributed by atoms with Crippen LogP contribution in [0.25, 0.3) is 10.4 Å². The Bertz CT molecular complexity index is 965. The zero-order chi connectivity index (χ0) is 24.3. The fourth-order valence-corrected chi connectivity index (χ4v) is 4.97. The molecule has 0 radical (unpaired) electrons. The summed E-state index contributed by atoms with van der Waals surface area (Å²) in [6.45, 7) is 12.5. The first-order valence-corrected chi connectivity index (χ1v) is 12.4. The second kappa shape index (κ2) is 10.3. The molecule has 1 aliphatic heterocycles. The number of β-amino-alcohol motifs (C(OH)–C–C–N with tert-alkyl or cyclic N) is 1. The van der Waals surface area contributed by atoms with Gasteiger partial charge in [0.2, 0.25) is 11.8 Å². The number of aryl methyl sites for hydroxylation is 1. The summed E-state index contributed by atoms with van der Waals surface area (Å²) in [5.74, 6) is -0.378. The molecule has 3 rings (SSSR count). The molecule has 7 nitrogen and oxygen atoms in total. The van der Waals surface area contributed by atoms with Crippen LogP contribution in [0.5, 0.6) is 0 Å². The van der Waals surface area contributed by atoms with Gasteiger partial charge in [0.15, 0.2) is 0 Å². The lowest BCUT2D eigenvalue weighted by Crippen LogP contribution is -2.57. The van der Waals surface area contributed by atoms with E-state index >= 15 is 0 Å². The van der Waals surface area contributed by atoms with Crippen LogP contribution in [-0.2, 0) is 16.1 Å². The molecule has 1 unspecified atom stereocenters. The Kier molecular flexibility index (Phi) is 7.92. The van der Waals surface area contributed by atoms with Gasteiger partial charge in [-0.05, 0) is 23.5 Å². The molecule has 33 heavy (non-hydrogen) atoms. The average Bonchev–Trinajstić information content (AvgIpc) is 3.35. The van der Waals surface area contributed by atoms with Crippen molar-refractivity contribution in [3.8, 4) is 10.4 Å². The van der Waals surface area contributed by atoms with Gasteiger partial charge < -0.3 is 20.6 Å². The molecule has 2 amide bonds. The van der Waals surface area contributed by atoms with E-state index in [1.54, 1.807) is 16.2 Å². The van der Waals surface area contributed by atoms with E-state index in [-0.39, 0.29) is 36.2 Å². The number of rotatable bonds is 7. The first kappa shape index (κ1) is 25.3. The van der Waals surface area contributed by atoms with Crippen molar-refractivity contribution in [2.24, 2.45) is 5.41 Å². The van der Waals surface area contributed by atoms with Crippen LogP contribution < -0.4 is 10.6 Å². The predicted octanol–water partition coefficient (Wildman–Crippen LogP) is 3.11. The second-order valence-electron chi connectivity index (χ2n) is 10.2. The van der Waals surface area contributed by atoms with E-state index in [1.807, 2.05) is 71.3 Å². The number of benzene rings is 1. The fourth-order valence-electron chi connectivity index (χ4n) is 4.16. The minimum atomic E-state index is -0.703. The van der Waals surface area contributed by atoms with Crippen LogP contribution in [0.2, 0.25) is 0 Å². The number of thiazole rings is 1. The van der Waals surface area contributed by atoms with E-state index < -0.39 is 18.2 Å². The number of amides is 2. The zero-order valence-corrected chi connectivity index (χ0v) is 21.2. The number of hydrogen-bond acceptors (Lipinski definition) is 6. The molecule has 1 fully saturated rings. The number of carbonyl (C=O) groups excluding carboxylic acids is 2. The first-order valence-electron chi connectivity index (χ1n) is 11.5. The van der Waals surface area contributed by atoms with E-state index in [1.165, 1.54) is 0 Å². The topological polar surface area (TPSA) is 94.6 Å². The maximum atomic E-state index is 13.4. The number of nitrogens with one attached hydrogen (secondary N) is 2. The van der Waals surface area contributed by atoms with Gasteiger partial charge in [0.1, 0.15) is 6.04 Å². The highest BCUT2D eigenvalue weighted by Crippen LogP contribution is 2.28. The zero-order valence-electron chi connectivity index (χ0n) is 20.4. The second-order valence-corrected chi connectivity index (χ2v) is 11.1. The SMILES string of the molecule is Cc1ncsc1-c1ccc(CNC(=O)[C@@H]2CC(O)CN2C(=O)[C@@H](NC(C)C)C(C)(C)C)cc1. The monoisotopic (exact) mass is 472 g/mol. The standard InChI is InChI=1S/C25H36N4O3S/c1-15(2)28-22(25(4,5)6)24(32)29-13-19(30)11-20(29)23(31)26-12-17-7-9-18(10-8-17)21-16(3)27-14-33-21/h7-10,14-15,19-20,22,28,30H,11-13H2,1-6H3,(H,26,31)/t19?,20-,22+/m0/s1. The summed E-state index contributed by atoms with van der Waals surface area (Å²) >= 11 is 1.61. The third-order valence-electron chi connectivity index (χ3n) is 5.91. The number of hydrogen-bond donors (Lipinski definition) is 3. The number of aromatic nitrogens is 1. The summed E-state index contributed by atoms with van der Waals surface area (Å²) < 4.78 is 0. The van der Waals surface area contributed by atoms with Crippen LogP contribution in [0, 0.1) is 12.3 Å². The van der Waals surface area contributed by atoms with E-state index in [0.717, 1.165) is 21.7 Å². The molecule has 2 aromatic rings. The summed E-state index contributed by atoms with van der Waals surface area (Å²) in [4.78, 5) is 33.4. The van der Waals surface area contributed by atoms with Crippen LogP contribution >= 0.6 is 11.3 Å². The third kappa shape index (κ3) is 6.19. The number of nitrogens with zero attached hydrogens (tertiary/aromatic N) is 2. The van der Waals surface area contributed by atoms with Crippen LogP contribution in [-0.4, -0.2) is 57.6 Å². The van der Waals surface area contributed by atoms with Crippen LogP contribution in [0.1, 0.15) is 52.3 Å². The molecule has 8 heteroatoms. The van der Waals surface area contributed by atoms with Crippen molar-refractivity contribution in [1.82, 2.24) is 20.5 Å². The highest BCUT2D eigenvalue weighted by Gasteiger charge is 2.43. The molecule has 1 aromatic carbocycles. The maximum Gasteiger partial charge on any atom is 0.243 e. The van der Waals surface area contributed by atoms with Crippen LogP contribution in [0.3, 0.4) is 0 Å². The molecule has 1 saturated heterocycles. The van der Waals surface area contributed by atoms with Crippen molar-refractivity contribution in [2.75, 3.05) is 6.54 Å². The van der Waals surface area contributed by atoms with Gasteiger partial charge in [-0.15, -0.1) is 11.3 Å². The van der Waals surface area contributed by atoms with Gasteiger partial charge in [-0.25, -0.2) is 4.98 Å². The largest absolute Gasteiger partial charge is 0.391 e. The van der Waals surface area contributed by atoms with Crippen molar-refractivity contribution >= 4 is 23.2 Å². The Hall–Kier alpha value is -2.29. The fraction of sp³-hybridized carbons (Fsp3) is 0.560. The summed E-state index contributed by atoms with van der Waals surface area (Å²) in [5, 5.41) is 16.6. The van der Waals surface area contributed by atoms with Crippen molar-refractivity contribution in [3.05, 3.63) is 41.0 Å². The van der Waals surface area contributed by atoms with Crippen molar-refractivity contribution < 1.29 is 14.7 Å². The van der Waals surface area contributed by atoms with Gasteiger partial charge in [0.05, 0.1) is 28.2 Å². The Morgan fingerprint density at radius 1 is 1.24 bits per heavy atom. The predicted molar refractivity (Wildman–Crippen MR) is 132 cm³/mol. The summed E-state index contributed by atoms with van der Waals surface area (Å²) in [5.41, 5.74) is 4.59. The Balaban J connectivity index is 1.66. The molecule has 0 bridgehead atoms. The van der Waals surface area contributed by atoms with Gasteiger partial charge in [-0.1, -0.05) is 58.9 Å². The molecule has 3 N–H and O–H groups in total. The van der Waals surface area contributed by atoms with Crippen molar-refractivity contribution in [1.29, 1.82) is 0 Å². The van der Waals surface area contributed by atoms with Gasteiger partial charge in [-0.2, -0.15) is 0 Å². The highest BCUT2D eigenvalue weighted by atomic mass is 32.1. The molecular weight excluding hydrogens is 436 g/mol. The number of aliphatic hydroxyl groups excluding tert-OH is 1. The molecule has 0 saturated carbocycles. The molecule has 2 heterocycles. The molecule has 0 aliphatic carbocycles. The highest BCUT2D eigenvalue weighted by molar-refractivity contribution is 7.13. The molecular formula is C25H36N4O3S. The Labute approximate surface area is 200 Å². The Morgan fingerprint density at radius 3 is 2.45 bits per heavy atom. The molecule has 180 valence electrons. The minimum absolute atomic E-state index is 0.120. The minimum Gasteiger partial charge on any atom is -0.391 e. The van der Waals surface area contributed by atoms with Gasteiger partial charge in [-0.3, -0.25) is 9.59 Å². The molecule has 1 aliphatic rings. The molecule has 0 spiro atoms. The summed E-state index contributed by atoms with van der Waals surface area (Å²) in [6.07, 6.45) is -0.453. The van der Waals surface area contributed by atoms with E-state index in [0.29, 0.717) is 6.54 Å². The number of likely N-dealkylation sites (tertiary alicyclic amines) is 1. The van der Waals surface area contributed by atoms with Gasteiger partial charge in [0.25, 0.3) is 0 Å². The first-order chi connectivity index (χ1) is 15.5. The maximum absolute atomic E-state index is 13.4. The van der Waals surface area contributed by atoms with E-state index in [9.17, 15) is 14.7 Å². The third-order valence-corrected chi connectivity index (χ3v) is 6.88. The van der Waals surface area contributed by atoms with Crippen LogP contribution in [0.15, 0.2) is 29.8 Å². The lowest BCUT2D eigenvalue weighted by atomic mass is 9.85. The summed E-state index contributed by atoms with van der Waals surface area (Å²) in [7, 11) is 0.